The van der Waals surface area contributed by atoms with Gasteiger partial charge in [-0.1, -0.05) is 6.42 Å². The largest absolute Gasteiger partial charge is 0.363 e. The number of anilines is 1. The normalized spacial score (nSPS) is 17.5. The molecule has 1 aliphatic carbocycles. The van der Waals surface area contributed by atoms with Crippen molar-refractivity contribution in [3.63, 3.8) is 0 Å². The van der Waals surface area contributed by atoms with Crippen molar-refractivity contribution in [2.24, 2.45) is 5.92 Å². The molecule has 0 aromatic carbocycles. The minimum atomic E-state index is -3.47. The number of nitrogens with zero attached hydrogens (tertiary/aromatic N) is 4. The van der Waals surface area contributed by atoms with Gasteiger partial charge in [0.1, 0.15) is 16.5 Å². The Morgan fingerprint density at radius 1 is 1.15 bits per heavy atom. The van der Waals surface area contributed by atoms with E-state index in [1.807, 2.05) is 0 Å². The minimum absolute atomic E-state index is 0.194. The molecule has 2 aromatic rings. The van der Waals surface area contributed by atoms with Gasteiger partial charge in [-0.2, -0.15) is 0 Å². The van der Waals surface area contributed by atoms with Crippen molar-refractivity contribution >= 4 is 15.8 Å². The summed E-state index contributed by atoms with van der Waals surface area (Å²) in [6.45, 7) is 1.99. The van der Waals surface area contributed by atoms with E-state index in [1.165, 1.54) is 12.6 Å². The lowest BCUT2D eigenvalue weighted by Gasteiger charge is -2.09. The fourth-order valence-corrected chi connectivity index (χ4v) is 4.18. The Kier molecular flexibility index (Phi) is 4.90. The van der Waals surface area contributed by atoms with Crippen LogP contribution in [0, 0.1) is 5.92 Å². The number of hydrogen-bond donors (Lipinski definition) is 2. The Balaban J connectivity index is 1.38. The number of aryl methyl sites for hydroxylation is 1. The maximum absolute atomic E-state index is 12.2. The summed E-state index contributed by atoms with van der Waals surface area (Å²) in [5.41, 5.74) is 0. The van der Waals surface area contributed by atoms with Crippen molar-refractivity contribution in [1.82, 2.24) is 24.5 Å². The van der Waals surface area contributed by atoms with E-state index in [9.17, 15) is 8.42 Å². The van der Waals surface area contributed by atoms with Crippen LogP contribution in [0.2, 0.25) is 0 Å². The van der Waals surface area contributed by atoms with E-state index >= 15 is 0 Å². The molecule has 26 heavy (non-hydrogen) atoms. The standard InChI is InChI=1S/C17H24N6O2S/c24-26(25,20-10-13-5-6-13)14-7-8-15(18-11-14)19-12-17-22-21-16-4-2-1-3-9-23(16)17/h7-8,11,13,20H,1-6,9-10,12H2,(H,18,19). The monoisotopic (exact) mass is 376 g/mol. The highest BCUT2D eigenvalue weighted by Crippen LogP contribution is 2.28. The topological polar surface area (TPSA) is 102 Å². The first-order valence-electron chi connectivity index (χ1n) is 9.22. The first-order valence-corrected chi connectivity index (χ1v) is 10.7. The lowest BCUT2D eigenvalue weighted by Crippen LogP contribution is -2.26. The zero-order chi connectivity index (χ0) is 18.0. The van der Waals surface area contributed by atoms with Crippen molar-refractivity contribution in [2.45, 2.75) is 56.5 Å². The molecular weight excluding hydrogens is 352 g/mol. The summed E-state index contributed by atoms with van der Waals surface area (Å²) < 4.78 is 29.3. The number of nitrogens with one attached hydrogen (secondary N) is 2. The Labute approximate surface area is 153 Å². The van der Waals surface area contributed by atoms with Gasteiger partial charge in [0.25, 0.3) is 0 Å². The van der Waals surface area contributed by atoms with Gasteiger partial charge in [0.2, 0.25) is 10.0 Å². The molecule has 9 heteroatoms. The van der Waals surface area contributed by atoms with E-state index in [0.29, 0.717) is 24.8 Å². The summed E-state index contributed by atoms with van der Waals surface area (Å²) in [5.74, 6) is 3.07. The zero-order valence-electron chi connectivity index (χ0n) is 14.7. The van der Waals surface area contributed by atoms with E-state index in [1.54, 1.807) is 12.1 Å². The number of fused-ring (bicyclic) bond motifs is 1. The van der Waals surface area contributed by atoms with Crippen LogP contribution in [0.3, 0.4) is 0 Å². The second-order valence-electron chi connectivity index (χ2n) is 7.02. The second kappa shape index (κ2) is 7.32. The first kappa shape index (κ1) is 17.4. The molecule has 2 aliphatic rings. The molecule has 0 spiro atoms. The third kappa shape index (κ3) is 4.04. The van der Waals surface area contributed by atoms with Crippen molar-refractivity contribution in [2.75, 3.05) is 11.9 Å². The van der Waals surface area contributed by atoms with E-state index in [4.69, 9.17) is 0 Å². The highest BCUT2D eigenvalue weighted by Gasteiger charge is 2.24. The third-order valence-corrected chi connectivity index (χ3v) is 6.33. The molecule has 2 N–H and O–H groups in total. The number of hydrogen-bond acceptors (Lipinski definition) is 6. The van der Waals surface area contributed by atoms with Crippen LogP contribution in [-0.2, 0) is 29.5 Å². The zero-order valence-corrected chi connectivity index (χ0v) is 15.5. The maximum atomic E-state index is 12.2. The Hall–Kier alpha value is -2.00. The van der Waals surface area contributed by atoms with Crippen LogP contribution in [0.25, 0.3) is 0 Å². The van der Waals surface area contributed by atoms with E-state index < -0.39 is 10.0 Å². The predicted molar refractivity (Wildman–Crippen MR) is 97.1 cm³/mol. The summed E-state index contributed by atoms with van der Waals surface area (Å²) in [6, 6.07) is 3.26. The number of rotatable bonds is 7. The molecular formula is C17H24N6O2S. The highest BCUT2D eigenvalue weighted by atomic mass is 32.2. The first-order chi connectivity index (χ1) is 12.6. The molecule has 1 saturated carbocycles. The third-order valence-electron chi connectivity index (χ3n) is 4.92. The van der Waals surface area contributed by atoms with Gasteiger partial charge in [0, 0.05) is 25.7 Å². The van der Waals surface area contributed by atoms with Crippen molar-refractivity contribution in [1.29, 1.82) is 0 Å². The van der Waals surface area contributed by atoms with Crippen molar-refractivity contribution in [3.8, 4) is 0 Å². The SMILES string of the molecule is O=S(=O)(NCC1CC1)c1ccc(NCc2nnc3n2CCCCC3)nc1. The summed E-state index contributed by atoms with van der Waals surface area (Å²) in [6.07, 6.45) is 8.12. The Bertz CT molecular complexity index is 858. The quantitative estimate of drug-likeness (QED) is 0.763. The highest BCUT2D eigenvalue weighted by molar-refractivity contribution is 7.89. The molecule has 8 nitrogen and oxygen atoms in total. The van der Waals surface area contributed by atoms with Gasteiger partial charge in [-0.15, -0.1) is 10.2 Å². The van der Waals surface area contributed by atoms with Gasteiger partial charge in [0.15, 0.2) is 5.82 Å². The summed E-state index contributed by atoms with van der Waals surface area (Å²) in [7, 11) is -3.47. The number of sulfonamides is 1. The predicted octanol–water partition coefficient (Wildman–Crippen LogP) is 1.70. The van der Waals surface area contributed by atoms with E-state index in [-0.39, 0.29) is 4.90 Å². The molecule has 0 saturated heterocycles. The molecule has 0 bridgehead atoms. The van der Waals surface area contributed by atoms with Gasteiger partial charge >= 0.3 is 0 Å². The summed E-state index contributed by atoms with van der Waals surface area (Å²) >= 11 is 0. The smallest absolute Gasteiger partial charge is 0.242 e. The van der Waals surface area contributed by atoms with Crippen LogP contribution < -0.4 is 10.0 Å². The van der Waals surface area contributed by atoms with Crippen LogP contribution in [-0.4, -0.2) is 34.7 Å². The lowest BCUT2D eigenvalue weighted by molar-refractivity contribution is 0.577. The number of aromatic nitrogens is 4. The minimum Gasteiger partial charge on any atom is -0.363 e. The molecule has 1 fully saturated rings. The molecule has 1 aliphatic heterocycles. The average Bonchev–Trinajstić information content (AvgIpc) is 3.44. The van der Waals surface area contributed by atoms with E-state index in [0.717, 1.165) is 50.3 Å². The summed E-state index contributed by atoms with van der Waals surface area (Å²) in [4.78, 5) is 4.42. The molecule has 4 rings (SSSR count). The average molecular weight is 376 g/mol. The van der Waals surface area contributed by atoms with Gasteiger partial charge in [-0.25, -0.2) is 18.1 Å². The molecule has 0 radical (unpaired) electrons. The Morgan fingerprint density at radius 2 is 2.04 bits per heavy atom. The van der Waals surface area contributed by atoms with E-state index in [2.05, 4.69) is 29.8 Å². The van der Waals surface area contributed by atoms with Gasteiger partial charge < -0.3 is 9.88 Å². The molecule has 0 atom stereocenters. The van der Waals surface area contributed by atoms with Crippen LogP contribution >= 0.6 is 0 Å². The number of pyridine rings is 1. The molecule has 2 aromatic heterocycles. The molecule has 140 valence electrons. The lowest BCUT2D eigenvalue weighted by atomic mass is 10.2. The molecule has 0 unspecified atom stereocenters. The Morgan fingerprint density at radius 3 is 2.81 bits per heavy atom. The van der Waals surface area contributed by atoms with Gasteiger partial charge in [-0.3, -0.25) is 0 Å². The molecule has 0 amide bonds. The van der Waals surface area contributed by atoms with Crippen LogP contribution in [0.5, 0.6) is 0 Å². The fraction of sp³-hybridized carbons (Fsp3) is 0.588. The van der Waals surface area contributed by atoms with Crippen LogP contribution in [0.1, 0.15) is 43.8 Å². The molecule has 3 heterocycles. The van der Waals surface area contributed by atoms with Crippen molar-refractivity contribution < 1.29 is 8.42 Å². The van der Waals surface area contributed by atoms with Gasteiger partial charge in [0.05, 0.1) is 6.54 Å². The second-order valence-corrected chi connectivity index (χ2v) is 8.79. The summed E-state index contributed by atoms with van der Waals surface area (Å²) in [5, 5.41) is 11.8. The maximum Gasteiger partial charge on any atom is 0.242 e. The fourth-order valence-electron chi connectivity index (χ4n) is 3.12. The van der Waals surface area contributed by atoms with Crippen LogP contribution in [0.15, 0.2) is 23.2 Å². The van der Waals surface area contributed by atoms with Gasteiger partial charge in [-0.05, 0) is 43.7 Å². The van der Waals surface area contributed by atoms with Crippen LogP contribution in [0.4, 0.5) is 5.82 Å². The van der Waals surface area contributed by atoms with Crippen molar-refractivity contribution in [3.05, 3.63) is 30.0 Å².